The van der Waals surface area contributed by atoms with E-state index in [0.29, 0.717) is 24.0 Å². The molecule has 5 rings (SSSR count). The third kappa shape index (κ3) is 4.30. The molecule has 0 radical (unpaired) electrons. The fourth-order valence-corrected chi connectivity index (χ4v) is 6.10. The average molecular weight is 469 g/mol. The molecule has 1 saturated heterocycles. The Hall–Kier alpha value is -3.04. The average Bonchev–Trinajstić information content (AvgIpc) is 3.29. The van der Waals surface area contributed by atoms with Gasteiger partial charge in [-0.05, 0) is 67.5 Å². The highest BCUT2D eigenvalue weighted by Crippen LogP contribution is 2.29. The Morgan fingerprint density at radius 2 is 1.91 bits per heavy atom. The van der Waals surface area contributed by atoms with Crippen LogP contribution in [0.5, 0.6) is 0 Å². The highest BCUT2D eigenvalue weighted by molar-refractivity contribution is 7.89. The second-order valence-corrected chi connectivity index (χ2v) is 10.5. The summed E-state index contributed by atoms with van der Waals surface area (Å²) in [4.78, 5) is 28.8. The van der Waals surface area contributed by atoms with Crippen molar-refractivity contribution in [3.05, 3.63) is 69.8 Å². The highest BCUT2D eigenvalue weighted by atomic mass is 32.2. The molecule has 2 aliphatic rings. The molecule has 33 heavy (non-hydrogen) atoms. The zero-order valence-electron chi connectivity index (χ0n) is 18.0. The van der Waals surface area contributed by atoms with Crippen LogP contribution in [0.4, 0.5) is 0 Å². The highest BCUT2D eigenvalue weighted by Gasteiger charge is 2.33. The van der Waals surface area contributed by atoms with Crippen molar-refractivity contribution in [3.8, 4) is 0 Å². The van der Waals surface area contributed by atoms with E-state index >= 15 is 0 Å². The van der Waals surface area contributed by atoms with E-state index in [1.807, 2.05) is 12.1 Å². The number of hydrogen-bond acceptors (Lipinski definition) is 7. The number of sulfonamides is 1. The van der Waals surface area contributed by atoms with E-state index in [1.54, 1.807) is 6.07 Å². The van der Waals surface area contributed by atoms with Crippen LogP contribution in [0, 0.1) is 5.92 Å². The number of aryl methyl sites for hydroxylation is 2. The lowest BCUT2D eigenvalue weighted by Crippen LogP contribution is -2.40. The van der Waals surface area contributed by atoms with Gasteiger partial charge in [-0.3, -0.25) is 9.78 Å². The van der Waals surface area contributed by atoms with Gasteiger partial charge in [0, 0.05) is 42.5 Å². The molecule has 0 spiro atoms. The van der Waals surface area contributed by atoms with Gasteiger partial charge in [0.15, 0.2) is 0 Å². The molecule has 0 amide bonds. The normalized spacial score (nSPS) is 17.2. The minimum absolute atomic E-state index is 0.0199. The minimum Gasteiger partial charge on any atom is -0.461 e. The number of fused-ring (bicyclic) bond motifs is 2. The van der Waals surface area contributed by atoms with Gasteiger partial charge in [-0.25, -0.2) is 13.2 Å². The lowest BCUT2D eigenvalue weighted by Gasteiger charge is -2.30. The first-order valence-corrected chi connectivity index (χ1v) is 12.5. The molecule has 1 aliphatic carbocycles. The Morgan fingerprint density at radius 3 is 2.64 bits per heavy atom. The number of pyridine rings is 1. The SMILES string of the molecule is O=C(OCc1cc(=O)oc2cc3c(cc12)CCC3)C1CCN(S(=O)(=O)c2cccnc2)CC1. The molecule has 3 heterocycles. The molecular formula is C24H24N2O6S. The molecule has 1 fully saturated rings. The Morgan fingerprint density at radius 1 is 1.15 bits per heavy atom. The first-order valence-electron chi connectivity index (χ1n) is 11.1. The molecule has 0 saturated carbocycles. The van der Waals surface area contributed by atoms with Crippen molar-refractivity contribution in [1.29, 1.82) is 0 Å². The number of carbonyl (C=O) groups excluding carboxylic acids is 1. The monoisotopic (exact) mass is 468 g/mol. The van der Waals surface area contributed by atoms with Gasteiger partial charge in [-0.2, -0.15) is 4.31 Å². The van der Waals surface area contributed by atoms with E-state index in [0.717, 1.165) is 24.6 Å². The fraction of sp³-hybridized carbons (Fsp3) is 0.375. The van der Waals surface area contributed by atoms with E-state index in [4.69, 9.17) is 9.15 Å². The number of benzene rings is 1. The van der Waals surface area contributed by atoms with E-state index in [1.165, 1.54) is 40.0 Å². The van der Waals surface area contributed by atoms with Crippen LogP contribution in [0.1, 0.15) is 36.0 Å². The predicted molar refractivity (Wildman–Crippen MR) is 120 cm³/mol. The molecule has 0 atom stereocenters. The largest absolute Gasteiger partial charge is 0.461 e. The summed E-state index contributed by atoms with van der Waals surface area (Å²) in [6, 6.07) is 8.42. The summed E-state index contributed by atoms with van der Waals surface area (Å²) in [6.07, 6.45) is 6.65. The van der Waals surface area contributed by atoms with Crippen LogP contribution in [-0.2, 0) is 39.0 Å². The zero-order chi connectivity index (χ0) is 23.0. The standard InChI is InChI=1S/C24H24N2O6S/c27-23-13-19(21-11-17-3-1-4-18(17)12-22(21)32-23)15-31-24(28)16-6-9-26(10-7-16)33(29,30)20-5-2-8-25-14-20/h2,5,8,11-14,16H,1,3-4,6-7,9-10,15H2. The summed E-state index contributed by atoms with van der Waals surface area (Å²) in [5.41, 5.74) is 3.11. The van der Waals surface area contributed by atoms with Crippen LogP contribution in [0.25, 0.3) is 11.0 Å². The summed E-state index contributed by atoms with van der Waals surface area (Å²) < 4.78 is 37.8. The van der Waals surface area contributed by atoms with Crippen molar-refractivity contribution < 1.29 is 22.4 Å². The van der Waals surface area contributed by atoms with Crippen molar-refractivity contribution in [2.24, 2.45) is 5.92 Å². The van der Waals surface area contributed by atoms with Crippen LogP contribution in [-0.4, -0.2) is 36.8 Å². The van der Waals surface area contributed by atoms with Gasteiger partial charge in [0.25, 0.3) is 0 Å². The fourth-order valence-electron chi connectivity index (χ4n) is 4.66. The van der Waals surface area contributed by atoms with Gasteiger partial charge in [-0.15, -0.1) is 0 Å². The summed E-state index contributed by atoms with van der Waals surface area (Å²) in [5, 5.41) is 0.792. The molecule has 1 aromatic carbocycles. The topological polar surface area (TPSA) is 107 Å². The summed E-state index contributed by atoms with van der Waals surface area (Å²) >= 11 is 0. The Balaban J connectivity index is 1.25. The molecule has 1 aliphatic heterocycles. The van der Waals surface area contributed by atoms with Gasteiger partial charge < -0.3 is 9.15 Å². The third-order valence-electron chi connectivity index (χ3n) is 6.47. The Labute approximate surface area is 191 Å². The van der Waals surface area contributed by atoms with Gasteiger partial charge in [0.1, 0.15) is 17.1 Å². The first kappa shape index (κ1) is 21.8. The number of rotatable bonds is 5. The molecule has 8 nitrogen and oxygen atoms in total. The number of nitrogens with zero attached hydrogens (tertiary/aromatic N) is 2. The van der Waals surface area contributed by atoms with Gasteiger partial charge in [0.05, 0.1) is 5.92 Å². The molecule has 0 unspecified atom stereocenters. The molecule has 9 heteroatoms. The van der Waals surface area contributed by atoms with Crippen LogP contribution in [0.2, 0.25) is 0 Å². The van der Waals surface area contributed by atoms with Crippen molar-refractivity contribution in [3.63, 3.8) is 0 Å². The summed E-state index contributed by atoms with van der Waals surface area (Å²) in [6.45, 7) is 0.454. The van der Waals surface area contributed by atoms with E-state index < -0.39 is 15.6 Å². The van der Waals surface area contributed by atoms with Gasteiger partial charge in [-0.1, -0.05) is 0 Å². The van der Waals surface area contributed by atoms with Crippen molar-refractivity contribution in [2.75, 3.05) is 13.1 Å². The molecule has 0 bridgehead atoms. The predicted octanol–water partition coefficient (Wildman–Crippen LogP) is 2.82. The molecule has 172 valence electrons. The lowest BCUT2D eigenvalue weighted by molar-refractivity contribution is -0.151. The van der Waals surface area contributed by atoms with E-state index in [2.05, 4.69) is 4.98 Å². The maximum absolute atomic E-state index is 12.7. The molecular weight excluding hydrogens is 444 g/mol. The Kier molecular flexibility index (Phi) is 5.76. The molecule has 2 aromatic heterocycles. The quantitative estimate of drug-likeness (QED) is 0.419. The van der Waals surface area contributed by atoms with E-state index in [9.17, 15) is 18.0 Å². The maximum atomic E-state index is 12.7. The van der Waals surface area contributed by atoms with Gasteiger partial charge >= 0.3 is 11.6 Å². The van der Waals surface area contributed by atoms with Crippen LogP contribution in [0.15, 0.2) is 56.8 Å². The summed E-state index contributed by atoms with van der Waals surface area (Å²) in [7, 11) is -3.63. The number of ether oxygens (including phenoxy) is 1. The van der Waals surface area contributed by atoms with Crippen LogP contribution >= 0.6 is 0 Å². The zero-order valence-corrected chi connectivity index (χ0v) is 18.8. The van der Waals surface area contributed by atoms with Crippen molar-refractivity contribution >= 4 is 27.0 Å². The smallest absolute Gasteiger partial charge is 0.336 e. The third-order valence-corrected chi connectivity index (χ3v) is 8.35. The number of hydrogen-bond donors (Lipinski definition) is 0. The first-order chi connectivity index (χ1) is 15.9. The number of aromatic nitrogens is 1. The second-order valence-electron chi connectivity index (χ2n) is 8.54. The number of esters is 1. The second kappa shape index (κ2) is 8.72. The van der Waals surface area contributed by atoms with Crippen LogP contribution in [0.3, 0.4) is 0 Å². The van der Waals surface area contributed by atoms with Crippen molar-refractivity contribution in [1.82, 2.24) is 9.29 Å². The summed E-state index contributed by atoms with van der Waals surface area (Å²) in [5.74, 6) is -0.767. The molecule has 0 N–H and O–H groups in total. The van der Waals surface area contributed by atoms with Gasteiger partial charge in [0.2, 0.25) is 10.0 Å². The number of carbonyl (C=O) groups is 1. The Bertz CT molecular complexity index is 1360. The molecule has 3 aromatic rings. The lowest BCUT2D eigenvalue weighted by atomic mass is 9.98. The van der Waals surface area contributed by atoms with Crippen LogP contribution < -0.4 is 5.63 Å². The minimum atomic E-state index is -3.63. The van der Waals surface area contributed by atoms with Crippen molar-refractivity contribution in [2.45, 2.75) is 43.6 Å². The van der Waals surface area contributed by atoms with E-state index in [-0.39, 0.29) is 36.5 Å². The maximum Gasteiger partial charge on any atom is 0.336 e. The number of piperidine rings is 1.